The third-order valence-electron chi connectivity index (χ3n) is 5.77. The van der Waals surface area contributed by atoms with Crippen LogP contribution in [0.4, 0.5) is 0 Å². The molecule has 0 saturated heterocycles. The van der Waals surface area contributed by atoms with Gasteiger partial charge in [0.15, 0.2) is 12.6 Å². The fraction of sp³-hybridized carbons (Fsp3) is 0.727. The van der Waals surface area contributed by atoms with Crippen LogP contribution in [0.25, 0.3) is 0 Å². The molecule has 0 radical (unpaired) electrons. The van der Waals surface area contributed by atoms with Crippen molar-refractivity contribution in [3.63, 3.8) is 0 Å². The van der Waals surface area contributed by atoms with Crippen molar-refractivity contribution < 1.29 is 63.1 Å². The lowest BCUT2D eigenvalue weighted by Crippen LogP contribution is -2.34. The summed E-state index contributed by atoms with van der Waals surface area (Å²) in [7, 11) is -3.80. The van der Waals surface area contributed by atoms with E-state index < -0.39 is 46.6 Å². The number of unbranched alkanes of at least 4 members (excludes halogenated alkanes) is 4. The van der Waals surface area contributed by atoms with Crippen LogP contribution in [-0.2, 0) is 30.9 Å². The molecule has 0 aromatic heterocycles. The first-order chi connectivity index (χ1) is 25.8. The molecular formula is C33H75ClN8O13S. The Morgan fingerprint density at radius 2 is 0.946 bits per heavy atom. The highest BCUT2D eigenvalue weighted by molar-refractivity contribution is 7.85. The van der Waals surface area contributed by atoms with Crippen LogP contribution in [0, 0.1) is 0 Å². The fourth-order valence-corrected chi connectivity index (χ4v) is 3.20. The van der Waals surface area contributed by atoms with Gasteiger partial charge in [0, 0.05) is 32.4 Å². The number of aliphatic hydroxyl groups excluding tert-OH is 2. The van der Waals surface area contributed by atoms with Gasteiger partial charge in [-0.15, -0.1) is 12.4 Å². The largest absolute Gasteiger partial charge is 0.481 e. The lowest BCUT2D eigenvalue weighted by molar-refractivity contribution is -0.138. The number of hydrogen-bond acceptors (Lipinski definition) is 17. The molecule has 0 amide bonds. The Morgan fingerprint density at radius 3 is 1.23 bits per heavy atom. The average Bonchev–Trinajstić information content (AvgIpc) is 3.11. The van der Waals surface area contributed by atoms with E-state index >= 15 is 0 Å². The molecule has 1 aromatic rings. The lowest BCUT2D eigenvalue weighted by atomic mass is 10.1. The number of carbonyl (C=O) groups is 3. The van der Waals surface area contributed by atoms with Crippen molar-refractivity contribution in [2.45, 2.75) is 102 Å². The Balaban J connectivity index is -0.000000101. The van der Waals surface area contributed by atoms with Gasteiger partial charge in [0.2, 0.25) is 0 Å². The van der Waals surface area contributed by atoms with Gasteiger partial charge in [-0.1, -0.05) is 43.2 Å². The maximum absolute atomic E-state index is 9.93. The van der Waals surface area contributed by atoms with Crippen LogP contribution in [0.3, 0.4) is 0 Å². The summed E-state index contributed by atoms with van der Waals surface area (Å²) < 4.78 is 27.3. The Labute approximate surface area is 338 Å². The number of aliphatic hydroxyl groups is 4. The third-order valence-corrected chi connectivity index (χ3v) is 6.52. The van der Waals surface area contributed by atoms with Crippen LogP contribution >= 0.6 is 12.4 Å². The van der Waals surface area contributed by atoms with Crippen LogP contribution < -0.4 is 45.9 Å². The number of hydrogen-bond donors (Lipinski definition) is 16. The van der Waals surface area contributed by atoms with E-state index in [1.807, 2.05) is 18.2 Å². The van der Waals surface area contributed by atoms with Crippen LogP contribution in [-0.4, -0.2) is 137 Å². The number of carboxylic acid groups (broad SMARTS) is 3. The van der Waals surface area contributed by atoms with Crippen molar-refractivity contribution in [3.05, 3.63) is 35.9 Å². The second kappa shape index (κ2) is 54.5. The summed E-state index contributed by atoms with van der Waals surface area (Å²) >= 11 is 0. The molecule has 0 aliphatic heterocycles. The Hall–Kier alpha value is -2.65. The van der Waals surface area contributed by atoms with E-state index in [9.17, 15) is 22.8 Å². The van der Waals surface area contributed by atoms with Gasteiger partial charge in [-0.3, -0.25) is 18.9 Å². The highest BCUT2D eigenvalue weighted by Crippen LogP contribution is 2.00. The average molecular weight is 860 g/mol. The highest BCUT2D eigenvalue weighted by atomic mass is 35.5. The molecular weight excluding hydrogens is 784 g/mol. The number of nitrogens with two attached hydrogens (primary N) is 8. The van der Waals surface area contributed by atoms with Gasteiger partial charge in [-0.25, -0.2) is 0 Å². The summed E-state index contributed by atoms with van der Waals surface area (Å²) in [5, 5.41) is 56.9. The molecule has 0 spiro atoms. The zero-order chi connectivity index (χ0) is 43.9. The summed E-state index contributed by atoms with van der Waals surface area (Å²) in [6, 6.07) is 9.74. The van der Waals surface area contributed by atoms with Gasteiger partial charge < -0.3 is 81.6 Å². The van der Waals surface area contributed by atoms with Gasteiger partial charge in [0.1, 0.15) is 0 Å². The van der Waals surface area contributed by atoms with Crippen LogP contribution in [0.15, 0.2) is 30.3 Å². The van der Waals surface area contributed by atoms with E-state index in [-0.39, 0.29) is 50.5 Å². The number of rotatable bonds is 22. The van der Waals surface area contributed by atoms with E-state index in [1.54, 1.807) is 0 Å². The molecule has 0 bridgehead atoms. The maximum atomic E-state index is 9.93. The van der Waals surface area contributed by atoms with Gasteiger partial charge in [0.05, 0.1) is 11.8 Å². The van der Waals surface area contributed by atoms with Gasteiger partial charge in [-0.2, -0.15) is 8.42 Å². The van der Waals surface area contributed by atoms with Crippen molar-refractivity contribution in [3.8, 4) is 0 Å². The quantitative estimate of drug-likeness (QED) is 0.0342. The smallest absolute Gasteiger partial charge is 0.303 e. The molecule has 1 aromatic carbocycles. The molecule has 1 rings (SSSR count). The molecule has 0 aliphatic carbocycles. The SMILES string of the molecule is Cl.NCC(O)O.NCCCC(=O)O.NCCCCC(=O)O.NCCCCC(N)C(O)O.NCCCCCC(=O)O.NCCS(=O)(=O)O.NCCc1ccccc1. The van der Waals surface area contributed by atoms with Gasteiger partial charge in [-0.05, 0) is 89.7 Å². The number of benzene rings is 1. The fourth-order valence-electron chi connectivity index (χ4n) is 2.90. The van der Waals surface area contributed by atoms with E-state index in [4.69, 9.17) is 80.4 Å². The van der Waals surface area contributed by atoms with Crippen molar-refractivity contribution >= 4 is 40.4 Å². The number of halogens is 1. The molecule has 0 saturated carbocycles. The Kier molecular flexibility index (Phi) is 66.2. The number of aliphatic carboxylic acids is 3. The Morgan fingerprint density at radius 1 is 0.571 bits per heavy atom. The molecule has 0 aliphatic rings. The van der Waals surface area contributed by atoms with Crippen LogP contribution in [0.2, 0.25) is 0 Å². The minimum absolute atomic E-state index is 0. The predicted octanol–water partition coefficient (Wildman–Crippen LogP) is -1.95. The molecule has 24 N–H and O–H groups in total. The molecule has 56 heavy (non-hydrogen) atoms. The molecule has 0 fully saturated rings. The van der Waals surface area contributed by atoms with Crippen molar-refractivity contribution in [1.82, 2.24) is 0 Å². The molecule has 1 unspecified atom stereocenters. The van der Waals surface area contributed by atoms with Crippen molar-refractivity contribution in [2.24, 2.45) is 45.9 Å². The van der Waals surface area contributed by atoms with Gasteiger partial charge >= 0.3 is 17.9 Å². The van der Waals surface area contributed by atoms with Crippen molar-refractivity contribution in [2.75, 3.05) is 51.6 Å². The zero-order valence-corrected chi connectivity index (χ0v) is 34.2. The van der Waals surface area contributed by atoms with E-state index in [1.165, 1.54) is 5.56 Å². The van der Waals surface area contributed by atoms with Crippen molar-refractivity contribution in [1.29, 1.82) is 0 Å². The number of carboxylic acids is 3. The third kappa shape index (κ3) is 88.5. The lowest BCUT2D eigenvalue weighted by Gasteiger charge is -2.12. The highest BCUT2D eigenvalue weighted by Gasteiger charge is 2.09. The zero-order valence-electron chi connectivity index (χ0n) is 32.5. The molecule has 1 atom stereocenters. The summed E-state index contributed by atoms with van der Waals surface area (Å²) in [5.74, 6) is -2.58. The predicted molar refractivity (Wildman–Crippen MR) is 220 cm³/mol. The summed E-state index contributed by atoms with van der Waals surface area (Å²) in [4.78, 5) is 29.5. The standard InChI is InChI=1S/C8H11N.C6H16N2O2.C6H13NO2.C5H11NO2.C4H9NO2.C2H7NO3S.C2H7NO2.ClH/c9-7-6-8-4-2-1-3-5-8;7-4-2-1-3-5(8)6(9)10;7-5-3-1-2-4-6(8)9;6-4-2-1-3-5(7)8;5-3-1-2-4(6)7;3-1-2-7(4,5)6;3-1-2(4)5;/h1-5H,6-7,9H2;5-6,9-10H,1-4,7-8H2;1-5,7H2,(H,8,9);1-4,6H2,(H,7,8);1-3,5H2,(H,6,7);1-3H2,(H,4,5,6);2,4-5H,1,3H2;1H. The Bertz CT molecular complexity index is 1050. The summed E-state index contributed by atoms with van der Waals surface area (Å²) in [5.41, 5.74) is 42.0. The molecule has 21 nitrogen and oxygen atoms in total. The van der Waals surface area contributed by atoms with Crippen LogP contribution in [0.5, 0.6) is 0 Å². The van der Waals surface area contributed by atoms with Crippen LogP contribution in [0.1, 0.15) is 82.6 Å². The summed E-state index contributed by atoms with van der Waals surface area (Å²) in [6.07, 6.45) is 6.06. The van der Waals surface area contributed by atoms with E-state index in [2.05, 4.69) is 17.9 Å². The second-order valence-electron chi connectivity index (χ2n) is 11.1. The monoisotopic (exact) mass is 858 g/mol. The van der Waals surface area contributed by atoms with E-state index in [0.717, 1.165) is 51.5 Å². The first-order valence-corrected chi connectivity index (χ1v) is 19.4. The first kappa shape index (κ1) is 68.1. The van der Waals surface area contributed by atoms with E-state index in [0.29, 0.717) is 45.4 Å². The normalized spacial score (nSPS) is 10.3. The molecule has 0 heterocycles. The maximum Gasteiger partial charge on any atom is 0.303 e. The first-order valence-electron chi connectivity index (χ1n) is 17.8. The summed E-state index contributed by atoms with van der Waals surface area (Å²) in [6.45, 7) is 2.98. The topological polar surface area (TPSA) is 455 Å². The molecule has 23 heteroatoms. The molecule has 338 valence electrons. The minimum atomic E-state index is -3.80. The second-order valence-corrected chi connectivity index (χ2v) is 12.7. The minimum Gasteiger partial charge on any atom is -0.481 e. The van der Waals surface area contributed by atoms with Gasteiger partial charge in [0.25, 0.3) is 10.1 Å².